The van der Waals surface area contributed by atoms with Crippen molar-refractivity contribution in [2.75, 3.05) is 6.54 Å². The van der Waals surface area contributed by atoms with Gasteiger partial charge in [0.25, 0.3) is 0 Å². The highest BCUT2D eigenvalue weighted by Gasteiger charge is 2.20. The van der Waals surface area contributed by atoms with Gasteiger partial charge in [-0.3, -0.25) is 14.3 Å². The molecular weight excluding hydrogens is 310 g/mol. The Hall–Kier alpha value is -2.15. The Morgan fingerprint density at radius 2 is 2.17 bits per heavy atom. The van der Waals surface area contributed by atoms with Crippen molar-refractivity contribution in [1.29, 1.82) is 0 Å². The summed E-state index contributed by atoms with van der Waals surface area (Å²) in [6.07, 6.45) is 6.15. The second-order valence-electron chi connectivity index (χ2n) is 4.99. The van der Waals surface area contributed by atoms with Gasteiger partial charge in [0.15, 0.2) is 11.0 Å². The summed E-state index contributed by atoms with van der Waals surface area (Å²) in [5, 5.41) is 11.9. The fourth-order valence-electron chi connectivity index (χ4n) is 1.99. The Labute approximate surface area is 140 Å². The number of nitrogens with one attached hydrogen (secondary N) is 1. The van der Waals surface area contributed by atoms with E-state index in [1.165, 1.54) is 11.8 Å². The van der Waals surface area contributed by atoms with E-state index in [1.54, 1.807) is 18.5 Å². The minimum Gasteiger partial charge on any atom is -0.355 e. The van der Waals surface area contributed by atoms with Crippen LogP contribution in [0.3, 0.4) is 0 Å². The molecule has 0 aliphatic rings. The van der Waals surface area contributed by atoms with Gasteiger partial charge in [-0.1, -0.05) is 24.8 Å². The van der Waals surface area contributed by atoms with Crippen LogP contribution >= 0.6 is 11.8 Å². The van der Waals surface area contributed by atoms with Gasteiger partial charge >= 0.3 is 0 Å². The smallest absolute Gasteiger partial charge is 0.233 e. The number of allylic oxidation sites excluding steroid dienone is 1. The highest BCUT2D eigenvalue weighted by molar-refractivity contribution is 8.00. The Kier molecular flexibility index (Phi) is 6.34. The monoisotopic (exact) mass is 331 g/mol. The number of hydrogen-bond acceptors (Lipinski definition) is 5. The minimum absolute atomic E-state index is 0.00969. The van der Waals surface area contributed by atoms with Crippen LogP contribution < -0.4 is 5.32 Å². The third-order valence-electron chi connectivity index (χ3n) is 3.17. The minimum atomic E-state index is -0.236. The maximum atomic E-state index is 12.0. The van der Waals surface area contributed by atoms with Gasteiger partial charge in [0.2, 0.25) is 5.91 Å². The van der Waals surface area contributed by atoms with Crippen LogP contribution in [0, 0.1) is 0 Å². The van der Waals surface area contributed by atoms with Crippen molar-refractivity contribution >= 4 is 17.7 Å². The molecule has 0 bridgehead atoms. The van der Waals surface area contributed by atoms with E-state index in [-0.39, 0.29) is 11.2 Å². The van der Waals surface area contributed by atoms with Crippen LogP contribution in [0.2, 0.25) is 0 Å². The molecule has 0 aliphatic heterocycles. The van der Waals surface area contributed by atoms with Gasteiger partial charge in [-0.15, -0.1) is 16.8 Å². The van der Waals surface area contributed by atoms with Gasteiger partial charge in [0, 0.05) is 31.0 Å². The maximum Gasteiger partial charge on any atom is 0.233 e. The van der Waals surface area contributed by atoms with Crippen molar-refractivity contribution in [2.24, 2.45) is 0 Å². The lowest BCUT2D eigenvalue weighted by atomic mass is 10.2. The number of amides is 1. The predicted molar refractivity (Wildman–Crippen MR) is 92.1 cm³/mol. The summed E-state index contributed by atoms with van der Waals surface area (Å²) in [5.74, 6) is 0.756. The zero-order valence-corrected chi connectivity index (χ0v) is 14.2. The fraction of sp³-hybridized carbons (Fsp3) is 0.375. The molecule has 0 fully saturated rings. The largest absolute Gasteiger partial charge is 0.355 e. The average molecular weight is 331 g/mol. The molecule has 0 aromatic carbocycles. The summed E-state index contributed by atoms with van der Waals surface area (Å²) in [4.78, 5) is 16.1. The molecule has 1 N–H and O–H groups in total. The first kappa shape index (κ1) is 17.2. The van der Waals surface area contributed by atoms with Gasteiger partial charge in [0.1, 0.15) is 0 Å². The van der Waals surface area contributed by atoms with Gasteiger partial charge < -0.3 is 5.32 Å². The van der Waals surface area contributed by atoms with E-state index in [9.17, 15) is 4.79 Å². The molecule has 0 unspecified atom stereocenters. The van der Waals surface area contributed by atoms with Crippen molar-refractivity contribution in [3.63, 3.8) is 0 Å². The van der Waals surface area contributed by atoms with E-state index in [2.05, 4.69) is 27.1 Å². The molecule has 2 aromatic heterocycles. The van der Waals surface area contributed by atoms with Crippen molar-refractivity contribution in [3.05, 3.63) is 37.2 Å². The quantitative estimate of drug-likeness (QED) is 0.594. The van der Waals surface area contributed by atoms with Crippen molar-refractivity contribution in [2.45, 2.75) is 37.2 Å². The van der Waals surface area contributed by atoms with Crippen LogP contribution in [0.4, 0.5) is 0 Å². The van der Waals surface area contributed by atoms with Gasteiger partial charge in [0.05, 0.1) is 5.25 Å². The highest BCUT2D eigenvalue weighted by atomic mass is 32.2. The van der Waals surface area contributed by atoms with Gasteiger partial charge in [-0.2, -0.15) is 0 Å². The molecule has 0 saturated carbocycles. The zero-order valence-electron chi connectivity index (χ0n) is 13.4. The van der Waals surface area contributed by atoms with Crippen LogP contribution in [0.25, 0.3) is 11.4 Å². The van der Waals surface area contributed by atoms with E-state index >= 15 is 0 Å². The summed E-state index contributed by atoms with van der Waals surface area (Å²) < 4.78 is 1.95. The summed E-state index contributed by atoms with van der Waals surface area (Å²) in [5.41, 5.74) is 0.935. The second kappa shape index (κ2) is 8.47. The lowest BCUT2D eigenvalue weighted by Crippen LogP contribution is -2.31. The molecule has 1 atom stereocenters. The Balaban J connectivity index is 2.21. The van der Waals surface area contributed by atoms with Crippen molar-refractivity contribution in [1.82, 2.24) is 25.1 Å². The standard InChI is InChI=1S/C16H21N5OS/c1-4-8-18-15(22)12(3)23-16-20-19-14(21(16)11-5-2)13-6-9-17-10-7-13/h5-7,9-10,12H,2,4,8,11H2,1,3H3,(H,18,22)/t12-/m0/s1. The Bertz CT molecular complexity index is 656. The summed E-state index contributed by atoms with van der Waals surface area (Å²) in [6.45, 7) is 8.95. The topological polar surface area (TPSA) is 72.7 Å². The second-order valence-corrected chi connectivity index (χ2v) is 6.30. The number of carbonyl (C=O) groups excluding carboxylic acids is 1. The SMILES string of the molecule is C=CCn1c(S[C@@H](C)C(=O)NCCC)nnc1-c1ccncc1. The van der Waals surface area contributed by atoms with Crippen LogP contribution in [0.5, 0.6) is 0 Å². The fourth-order valence-corrected chi connectivity index (χ4v) is 2.87. The molecule has 1 amide bonds. The molecule has 6 nitrogen and oxygen atoms in total. The number of hydrogen-bond donors (Lipinski definition) is 1. The third kappa shape index (κ3) is 4.41. The molecule has 0 aliphatic carbocycles. The third-order valence-corrected chi connectivity index (χ3v) is 4.25. The lowest BCUT2D eigenvalue weighted by molar-refractivity contribution is -0.120. The Morgan fingerprint density at radius 3 is 2.83 bits per heavy atom. The number of carbonyl (C=O) groups is 1. The van der Waals surface area contributed by atoms with E-state index in [0.29, 0.717) is 18.2 Å². The molecule has 2 rings (SSSR count). The van der Waals surface area contributed by atoms with Crippen molar-refractivity contribution < 1.29 is 4.79 Å². The molecular formula is C16H21N5OS. The summed E-state index contributed by atoms with van der Waals surface area (Å²) in [7, 11) is 0. The molecule has 7 heteroatoms. The first-order valence-corrected chi connectivity index (χ1v) is 8.44. The number of nitrogens with zero attached hydrogens (tertiary/aromatic N) is 4. The van der Waals surface area contributed by atoms with Crippen molar-refractivity contribution in [3.8, 4) is 11.4 Å². The molecule has 122 valence electrons. The maximum absolute atomic E-state index is 12.0. The normalized spacial score (nSPS) is 11.9. The van der Waals surface area contributed by atoms with Crippen LogP contribution in [0.1, 0.15) is 20.3 Å². The van der Waals surface area contributed by atoms with Crippen LogP contribution in [0.15, 0.2) is 42.3 Å². The van der Waals surface area contributed by atoms with Crippen LogP contribution in [-0.4, -0.2) is 37.5 Å². The van der Waals surface area contributed by atoms with Gasteiger partial charge in [-0.05, 0) is 25.5 Å². The molecule has 0 saturated heterocycles. The molecule has 2 heterocycles. The van der Waals surface area contributed by atoms with Crippen LogP contribution in [-0.2, 0) is 11.3 Å². The molecule has 2 aromatic rings. The number of pyridine rings is 1. The summed E-state index contributed by atoms with van der Waals surface area (Å²) >= 11 is 1.40. The molecule has 0 spiro atoms. The molecule has 23 heavy (non-hydrogen) atoms. The lowest BCUT2D eigenvalue weighted by Gasteiger charge is -2.12. The first-order valence-electron chi connectivity index (χ1n) is 7.56. The number of aromatic nitrogens is 4. The van der Waals surface area contributed by atoms with E-state index < -0.39 is 0 Å². The Morgan fingerprint density at radius 1 is 1.43 bits per heavy atom. The summed E-state index contributed by atoms with van der Waals surface area (Å²) in [6, 6.07) is 3.77. The van der Waals surface area contributed by atoms with E-state index in [4.69, 9.17) is 0 Å². The number of rotatable bonds is 8. The zero-order chi connectivity index (χ0) is 16.7. The average Bonchev–Trinajstić information content (AvgIpc) is 2.96. The highest BCUT2D eigenvalue weighted by Crippen LogP contribution is 2.26. The molecule has 0 radical (unpaired) electrons. The number of thioether (sulfide) groups is 1. The van der Waals surface area contributed by atoms with Gasteiger partial charge in [-0.25, -0.2) is 0 Å². The van der Waals surface area contributed by atoms with E-state index in [1.807, 2.05) is 30.5 Å². The van der Waals surface area contributed by atoms with E-state index in [0.717, 1.165) is 17.8 Å². The first-order chi connectivity index (χ1) is 11.2. The predicted octanol–water partition coefficient (Wildman–Crippen LogP) is 2.53.